The van der Waals surface area contributed by atoms with Crippen molar-refractivity contribution in [2.45, 2.75) is 31.8 Å². The zero-order valence-corrected chi connectivity index (χ0v) is 17.4. The molecule has 4 aromatic rings. The summed E-state index contributed by atoms with van der Waals surface area (Å²) in [7, 11) is 1.98. The summed E-state index contributed by atoms with van der Waals surface area (Å²) < 4.78 is 5.95. The Kier molecular flexibility index (Phi) is 4.85. The maximum absolute atomic E-state index is 13.2. The number of para-hydroxylation sites is 2. The number of carbonyl (C=O) groups excluding carboxylic acids is 1. The van der Waals surface area contributed by atoms with Gasteiger partial charge in [-0.3, -0.25) is 4.79 Å². The Hall–Kier alpha value is -3.75. The second kappa shape index (κ2) is 7.82. The predicted octanol–water partition coefficient (Wildman–Crippen LogP) is 2.93. The molecule has 1 aromatic carbocycles. The molecule has 2 atom stereocenters. The molecule has 0 N–H and O–H groups in total. The lowest BCUT2D eigenvalue weighted by atomic mass is 9.96. The van der Waals surface area contributed by atoms with Crippen molar-refractivity contribution in [2.75, 3.05) is 18.5 Å². The van der Waals surface area contributed by atoms with Crippen LogP contribution in [0.15, 0.2) is 59.4 Å². The highest BCUT2D eigenvalue weighted by Gasteiger charge is 2.35. The molecular formula is C22H23N7O2. The number of rotatable bonds is 4. The van der Waals surface area contributed by atoms with E-state index < -0.39 is 0 Å². The van der Waals surface area contributed by atoms with Gasteiger partial charge in [-0.25, -0.2) is 4.98 Å². The van der Waals surface area contributed by atoms with Crippen molar-refractivity contribution in [3.05, 3.63) is 60.7 Å². The normalized spacial score (nSPS) is 19.0. The number of piperidine rings is 1. The van der Waals surface area contributed by atoms with Gasteiger partial charge in [0.1, 0.15) is 16.9 Å². The van der Waals surface area contributed by atoms with Crippen LogP contribution in [0.1, 0.15) is 30.3 Å². The van der Waals surface area contributed by atoms with Gasteiger partial charge in [0.25, 0.3) is 11.9 Å². The fourth-order valence-corrected chi connectivity index (χ4v) is 4.21. The highest BCUT2D eigenvalue weighted by molar-refractivity contribution is 5.92. The third kappa shape index (κ3) is 3.52. The van der Waals surface area contributed by atoms with Crippen molar-refractivity contribution >= 4 is 23.0 Å². The molecule has 5 rings (SSSR count). The molecule has 9 heteroatoms. The average Bonchev–Trinajstić information content (AvgIpc) is 3.48. The molecule has 0 aliphatic carbocycles. The highest BCUT2D eigenvalue weighted by Crippen LogP contribution is 2.28. The third-order valence-corrected chi connectivity index (χ3v) is 5.91. The van der Waals surface area contributed by atoms with Gasteiger partial charge in [0.2, 0.25) is 0 Å². The zero-order chi connectivity index (χ0) is 21.4. The number of benzene rings is 1. The molecule has 0 radical (unpaired) electrons. The summed E-state index contributed by atoms with van der Waals surface area (Å²) in [6, 6.07) is 11.9. The van der Waals surface area contributed by atoms with Gasteiger partial charge in [-0.15, -0.1) is 0 Å². The zero-order valence-electron chi connectivity index (χ0n) is 17.4. The van der Waals surface area contributed by atoms with Crippen molar-refractivity contribution in [1.29, 1.82) is 0 Å². The fourth-order valence-electron chi connectivity index (χ4n) is 4.21. The number of pyridine rings is 1. The summed E-state index contributed by atoms with van der Waals surface area (Å²) in [4.78, 5) is 27.6. The standard InChI is InChI=1S/C22H23N7O2/c1-15-19(27(2)22-26-17-6-3-4-8-20(17)31-22)7-5-13-28(15)21(30)18-10-9-16(14-23-18)29-24-11-12-25-29/h3-4,6,8-12,14-15,19H,5,7,13H2,1-2H3. The molecule has 1 aliphatic heterocycles. The number of amides is 1. The maximum Gasteiger partial charge on any atom is 0.298 e. The van der Waals surface area contributed by atoms with Gasteiger partial charge in [-0.1, -0.05) is 12.1 Å². The molecule has 1 saturated heterocycles. The van der Waals surface area contributed by atoms with Crippen LogP contribution in [0.5, 0.6) is 0 Å². The molecule has 0 spiro atoms. The molecule has 9 nitrogen and oxygen atoms in total. The fraction of sp³-hybridized carbons (Fsp3) is 0.318. The lowest BCUT2D eigenvalue weighted by molar-refractivity contribution is 0.0593. The van der Waals surface area contributed by atoms with E-state index in [4.69, 9.17) is 4.42 Å². The number of nitrogens with zero attached hydrogens (tertiary/aromatic N) is 7. The van der Waals surface area contributed by atoms with Crippen LogP contribution in [0.3, 0.4) is 0 Å². The highest BCUT2D eigenvalue weighted by atomic mass is 16.4. The quantitative estimate of drug-likeness (QED) is 0.504. The van der Waals surface area contributed by atoms with Gasteiger partial charge in [0.05, 0.1) is 24.6 Å². The van der Waals surface area contributed by atoms with E-state index in [0.717, 1.165) is 23.9 Å². The summed E-state index contributed by atoms with van der Waals surface area (Å²) >= 11 is 0. The van der Waals surface area contributed by atoms with Crippen LogP contribution >= 0.6 is 0 Å². The second-order valence-corrected chi connectivity index (χ2v) is 7.74. The second-order valence-electron chi connectivity index (χ2n) is 7.74. The minimum absolute atomic E-state index is 0.0180. The van der Waals surface area contributed by atoms with Crippen molar-refractivity contribution < 1.29 is 9.21 Å². The summed E-state index contributed by atoms with van der Waals surface area (Å²) in [5.74, 6) is -0.0804. The molecule has 0 bridgehead atoms. The average molecular weight is 417 g/mol. The van der Waals surface area contributed by atoms with E-state index >= 15 is 0 Å². The molecule has 2 unspecified atom stereocenters. The molecule has 31 heavy (non-hydrogen) atoms. The molecule has 0 saturated carbocycles. The summed E-state index contributed by atoms with van der Waals surface area (Å²) in [6.07, 6.45) is 6.67. The first-order chi connectivity index (χ1) is 15.1. The SMILES string of the molecule is CC1C(N(C)c2nc3ccccc3o2)CCCN1C(=O)c1ccc(-n2nccn2)cn1. The number of anilines is 1. The van der Waals surface area contributed by atoms with Gasteiger partial charge in [-0.2, -0.15) is 20.0 Å². The van der Waals surface area contributed by atoms with Crippen molar-refractivity contribution in [3.8, 4) is 5.69 Å². The van der Waals surface area contributed by atoms with Crippen LogP contribution in [-0.4, -0.2) is 61.4 Å². The number of hydrogen-bond acceptors (Lipinski definition) is 7. The lowest BCUT2D eigenvalue weighted by Crippen LogP contribution is -2.55. The summed E-state index contributed by atoms with van der Waals surface area (Å²) in [5, 5.41) is 8.17. The molecule has 1 fully saturated rings. The Balaban J connectivity index is 1.34. The number of fused-ring (bicyclic) bond motifs is 1. The number of likely N-dealkylation sites (tertiary alicyclic amines) is 1. The topological polar surface area (TPSA) is 93.2 Å². The largest absolute Gasteiger partial charge is 0.423 e. The van der Waals surface area contributed by atoms with Crippen LogP contribution in [0.2, 0.25) is 0 Å². The van der Waals surface area contributed by atoms with E-state index in [2.05, 4.69) is 27.1 Å². The monoisotopic (exact) mass is 417 g/mol. The maximum atomic E-state index is 13.2. The molecular weight excluding hydrogens is 394 g/mol. The van der Waals surface area contributed by atoms with E-state index in [1.807, 2.05) is 41.1 Å². The molecule has 1 aliphatic rings. The molecule has 4 heterocycles. The predicted molar refractivity (Wildman–Crippen MR) is 115 cm³/mol. The van der Waals surface area contributed by atoms with E-state index in [-0.39, 0.29) is 18.0 Å². The van der Waals surface area contributed by atoms with Crippen molar-refractivity contribution in [2.24, 2.45) is 0 Å². The van der Waals surface area contributed by atoms with Gasteiger partial charge in [0.15, 0.2) is 5.58 Å². The Morgan fingerprint density at radius 1 is 1.16 bits per heavy atom. The van der Waals surface area contributed by atoms with Gasteiger partial charge >= 0.3 is 0 Å². The van der Waals surface area contributed by atoms with E-state index in [1.54, 1.807) is 30.7 Å². The van der Waals surface area contributed by atoms with Crippen LogP contribution < -0.4 is 4.90 Å². The van der Waals surface area contributed by atoms with E-state index in [9.17, 15) is 4.79 Å². The minimum atomic E-state index is -0.0804. The Morgan fingerprint density at radius 3 is 2.71 bits per heavy atom. The van der Waals surface area contributed by atoms with Crippen LogP contribution in [0.25, 0.3) is 16.8 Å². The lowest BCUT2D eigenvalue weighted by Gasteiger charge is -2.42. The molecule has 158 valence electrons. The Labute approximate surface area is 179 Å². The first-order valence-corrected chi connectivity index (χ1v) is 10.3. The van der Waals surface area contributed by atoms with Gasteiger partial charge in [0, 0.05) is 19.6 Å². The van der Waals surface area contributed by atoms with Crippen LogP contribution in [0.4, 0.5) is 6.01 Å². The van der Waals surface area contributed by atoms with E-state index in [0.29, 0.717) is 23.9 Å². The van der Waals surface area contributed by atoms with Crippen LogP contribution in [-0.2, 0) is 0 Å². The number of carbonyl (C=O) groups is 1. The van der Waals surface area contributed by atoms with Crippen molar-refractivity contribution in [3.63, 3.8) is 0 Å². The number of hydrogen-bond donors (Lipinski definition) is 0. The van der Waals surface area contributed by atoms with E-state index in [1.165, 1.54) is 4.80 Å². The summed E-state index contributed by atoms with van der Waals surface area (Å²) in [5.41, 5.74) is 2.71. The Bertz CT molecular complexity index is 1150. The summed E-state index contributed by atoms with van der Waals surface area (Å²) in [6.45, 7) is 2.77. The Morgan fingerprint density at radius 2 is 1.97 bits per heavy atom. The smallest absolute Gasteiger partial charge is 0.298 e. The van der Waals surface area contributed by atoms with Gasteiger partial charge < -0.3 is 14.2 Å². The molecule has 1 amide bonds. The first kappa shape index (κ1) is 19.2. The van der Waals surface area contributed by atoms with Crippen molar-refractivity contribution in [1.82, 2.24) is 29.9 Å². The van der Waals surface area contributed by atoms with Crippen LogP contribution in [0, 0.1) is 0 Å². The molecule has 3 aromatic heterocycles. The van der Waals surface area contributed by atoms with Gasteiger partial charge in [-0.05, 0) is 44.0 Å². The number of aromatic nitrogens is 5. The third-order valence-electron chi connectivity index (χ3n) is 5.91. The number of likely N-dealkylation sites (N-methyl/N-ethyl adjacent to an activating group) is 1. The number of oxazole rings is 1. The minimum Gasteiger partial charge on any atom is -0.423 e. The first-order valence-electron chi connectivity index (χ1n) is 10.3.